The van der Waals surface area contributed by atoms with E-state index in [1.54, 1.807) is 36.3 Å². The van der Waals surface area contributed by atoms with Crippen molar-refractivity contribution in [2.45, 2.75) is 50.4 Å². The quantitative estimate of drug-likeness (QED) is 0.304. The van der Waals surface area contributed by atoms with Crippen molar-refractivity contribution in [2.24, 2.45) is 0 Å². The Hall–Kier alpha value is -2.36. The summed E-state index contributed by atoms with van der Waals surface area (Å²) in [5.41, 5.74) is 8.83. The van der Waals surface area contributed by atoms with Crippen molar-refractivity contribution < 1.29 is 9.47 Å². The van der Waals surface area contributed by atoms with Crippen LogP contribution in [0.15, 0.2) is 29.4 Å². The Kier molecular flexibility index (Phi) is 8.28. The van der Waals surface area contributed by atoms with Crippen LogP contribution in [-0.4, -0.2) is 53.2 Å². The van der Waals surface area contributed by atoms with Gasteiger partial charge >= 0.3 is 0 Å². The van der Waals surface area contributed by atoms with E-state index in [2.05, 4.69) is 28.7 Å². The SMILES string of the molecule is COc1ccc(-c2nc([C@H](C)Sc3nc(C)cc(N)n3)c(C)s2)cc1OCCN1CCCCC1. The first-order valence-electron chi connectivity index (χ1n) is 11.7. The predicted octanol–water partition coefficient (Wildman–Crippen LogP) is 5.53. The summed E-state index contributed by atoms with van der Waals surface area (Å²) < 4.78 is 11.7. The lowest BCUT2D eigenvalue weighted by Crippen LogP contribution is -2.33. The molecule has 0 bridgehead atoms. The van der Waals surface area contributed by atoms with E-state index in [1.165, 1.54) is 24.1 Å². The molecule has 1 fully saturated rings. The molecular formula is C25H33N5O2S2. The number of methoxy groups -OCH3 is 1. The minimum absolute atomic E-state index is 0.102. The molecule has 3 aromatic rings. The molecule has 0 aliphatic carbocycles. The van der Waals surface area contributed by atoms with Crippen molar-refractivity contribution in [2.75, 3.05) is 39.1 Å². The fourth-order valence-electron chi connectivity index (χ4n) is 4.13. The molecule has 2 N–H and O–H groups in total. The lowest BCUT2D eigenvalue weighted by atomic mass is 10.1. The number of aryl methyl sites for hydroxylation is 2. The van der Waals surface area contributed by atoms with E-state index in [1.807, 2.05) is 25.1 Å². The van der Waals surface area contributed by atoms with Gasteiger partial charge in [0.05, 0.1) is 18.1 Å². The van der Waals surface area contributed by atoms with Crippen LogP contribution in [0.4, 0.5) is 5.82 Å². The van der Waals surface area contributed by atoms with E-state index in [0.29, 0.717) is 17.6 Å². The number of aromatic nitrogens is 3. The fourth-order valence-corrected chi connectivity index (χ4v) is 6.22. The van der Waals surface area contributed by atoms with Crippen LogP contribution in [0.3, 0.4) is 0 Å². The molecule has 182 valence electrons. The molecular weight excluding hydrogens is 466 g/mol. The van der Waals surface area contributed by atoms with E-state index in [4.69, 9.17) is 20.2 Å². The molecule has 1 atom stereocenters. The number of hydrogen-bond donors (Lipinski definition) is 1. The van der Waals surface area contributed by atoms with Gasteiger partial charge in [0.15, 0.2) is 16.7 Å². The third-order valence-corrected chi connectivity index (χ3v) is 7.88. The Morgan fingerprint density at radius 3 is 2.62 bits per heavy atom. The number of likely N-dealkylation sites (tertiary alicyclic amines) is 1. The lowest BCUT2D eigenvalue weighted by Gasteiger charge is -2.26. The summed E-state index contributed by atoms with van der Waals surface area (Å²) in [5, 5.41) is 1.74. The number of piperidine rings is 1. The molecule has 7 nitrogen and oxygen atoms in total. The lowest BCUT2D eigenvalue weighted by molar-refractivity contribution is 0.180. The van der Waals surface area contributed by atoms with Crippen LogP contribution in [-0.2, 0) is 0 Å². The van der Waals surface area contributed by atoms with Crippen molar-refractivity contribution in [1.29, 1.82) is 0 Å². The number of ether oxygens (including phenoxy) is 2. The fraction of sp³-hybridized carbons (Fsp3) is 0.480. The molecule has 2 aromatic heterocycles. The van der Waals surface area contributed by atoms with Crippen LogP contribution < -0.4 is 15.2 Å². The van der Waals surface area contributed by atoms with Gasteiger partial charge in [-0.05, 0) is 64.9 Å². The van der Waals surface area contributed by atoms with Crippen LogP contribution >= 0.6 is 23.1 Å². The van der Waals surface area contributed by atoms with Gasteiger partial charge in [0.25, 0.3) is 0 Å². The summed E-state index contributed by atoms with van der Waals surface area (Å²) in [5.74, 6) is 2.00. The topological polar surface area (TPSA) is 86.4 Å². The van der Waals surface area contributed by atoms with Crippen LogP contribution in [0, 0.1) is 13.8 Å². The molecule has 1 aliphatic rings. The molecule has 1 saturated heterocycles. The normalized spacial score (nSPS) is 15.3. The van der Waals surface area contributed by atoms with Gasteiger partial charge in [0.2, 0.25) is 0 Å². The maximum Gasteiger partial charge on any atom is 0.190 e. The van der Waals surface area contributed by atoms with Crippen molar-refractivity contribution >= 4 is 28.9 Å². The number of benzene rings is 1. The van der Waals surface area contributed by atoms with Crippen LogP contribution in [0.2, 0.25) is 0 Å². The maximum absolute atomic E-state index is 6.16. The first-order chi connectivity index (χ1) is 16.4. The number of nitrogens with two attached hydrogens (primary N) is 1. The first-order valence-corrected chi connectivity index (χ1v) is 13.4. The standard InChI is InChI=1S/C25H33N5O2S2/c1-16-14-22(26)28-25(27-16)34-18(3)23-17(2)33-24(29-23)19-8-9-20(31-4)21(15-19)32-13-12-30-10-6-5-7-11-30/h8-9,14-15,18H,5-7,10-13H2,1-4H3,(H2,26,27,28)/t18-/m0/s1. The zero-order valence-corrected chi connectivity index (χ0v) is 22.0. The summed E-state index contributed by atoms with van der Waals surface area (Å²) in [6.45, 7) is 10.1. The van der Waals surface area contributed by atoms with Crippen LogP contribution in [0.1, 0.15) is 47.7 Å². The highest BCUT2D eigenvalue weighted by Crippen LogP contribution is 2.40. The predicted molar refractivity (Wildman–Crippen MR) is 140 cm³/mol. The van der Waals surface area contributed by atoms with Crippen LogP contribution in [0.5, 0.6) is 11.5 Å². The smallest absolute Gasteiger partial charge is 0.190 e. The second kappa shape index (κ2) is 11.4. The minimum atomic E-state index is 0.102. The average molecular weight is 500 g/mol. The highest BCUT2D eigenvalue weighted by molar-refractivity contribution is 7.99. The van der Waals surface area contributed by atoms with Gasteiger partial charge in [-0.3, -0.25) is 4.90 Å². The molecule has 34 heavy (non-hydrogen) atoms. The molecule has 1 aromatic carbocycles. The summed E-state index contributed by atoms with van der Waals surface area (Å²) >= 11 is 3.26. The molecule has 4 rings (SSSR count). The van der Waals surface area contributed by atoms with E-state index >= 15 is 0 Å². The largest absolute Gasteiger partial charge is 0.493 e. The number of anilines is 1. The van der Waals surface area contributed by atoms with Crippen molar-refractivity contribution in [1.82, 2.24) is 19.9 Å². The Bertz CT molecular complexity index is 1090. The monoisotopic (exact) mass is 499 g/mol. The number of rotatable bonds is 9. The third-order valence-electron chi connectivity index (χ3n) is 5.88. The van der Waals surface area contributed by atoms with Gasteiger partial charge in [-0.2, -0.15) is 0 Å². The van der Waals surface area contributed by atoms with Crippen molar-refractivity contribution in [3.05, 3.63) is 40.5 Å². The van der Waals surface area contributed by atoms with Gasteiger partial charge in [-0.25, -0.2) is 15.0 Å². The number of thioether (sulfide) groups is 1. The Morgan fingerprint density at radius 1 is 1.09 bits per heavy atom. The van der Waals surface area contributed by atoms with Gasteiger partial charge in [0, 0.05) is 28.7 Å². The Balaban J connectivity index is 1.48. The third kappa shape index (κ3) is 6.20. The molecule has 9 heteroatoms. The number of nitrogen functional groups attached to an aromatic ring is 1. The highest BCUT2D eigenvalue weighted by Gasteiger charge is 2.19. The van der Waals surface area contributed by atoms with E-state index in [-0.39, 0.29) is 5.25 Å². The van der Waals surface area contributed by atoms with Gasteiger partial charge in [-0.1, -0.05) is 18.2 Å². The Morgan fingerprint density at radius 2 is 1.88 bits per heavy atom. The maximum atomic E-state index is 6.16. The molecule has 0 radical (unpaired) electrons. The highest BCUT2D eigenvalue weighted by atomic mass is 32.2. The van der Waals surface area contributed by atoms with Gasteiger partial charge in [0.1, 0.15) is 17.4 Å². The molecule has 0 amide bonds. The summed E-state index contributed by atoms with van der Waals surface area (Å²) in [6, 6.07) is 7.82. The zero-order valence-electron chi connectivity index (χ0n) is 20.3. The second-order valence-electron chi connectivity index (χ2n) is 8.55. The Labute approximate surface area is 210 Å². The van der Waals surface area contributed by atoms with Crippen molar-refractivity contribution in [3.8, 4) is 22.1 Å². The summed E-state index contributed by atoms with van der Waals surface area (Å²) in [4.78, 5) is 17.5. The zero-order chi connectivity index (χ0) is 24.1. The minimum Gasteiger partial charge on any atom is -0.493 e. The molecule has 0 spiro atoms. The van der Waals surface area contributed by atoms with E-state index < -0.39 is 0 Å². The van der Waals surface area contributed by atoms with Crippen LogP contribution in [0.25, 0.3) is 10.6 Å². The van der Waals surface area contributed by atoms with E-state index in [9.17, 15) is 0 Å². The second-order valence-corrected chi connectivity index (χ2v) is 11.1. The molecule has 1 aliphatic heterocycles. The number of nitrogens with zero attached hydrogens (tertiary/aromatic N) is 4. The molecule has 0 unspecified atom stereocenters. The van der Waals surface area contributed by atoms with Crippen molar-refractivity contribution in [3.63, 3.8) is 0 Å². The summed E-state index contributed by atoms with van der Waals surface area (Å²) in [7, 11) is 1.68. The number of thiazole rings is 1. The first kappa shape index (κ1) is 24.8. The number of hydrogen-bond acceptors (Lipinski definition) is 9. The summed E-state index contributed by atoms with van der Waals surface area (Å²) in [6.07, 6.45) is 3.90. The average Bonchev–Trinajstić information content (AvgIpc) is 3.21. The molecule has 3 heterocycles. The van der Waals surface area contributed by atoms with Gasteiger partial charge < -0.3 is 15.2 Å². The molecule has 0 saturated carbocycles. The van der Waals surface area contributed by atoms with Gasteiger partial charge in [-0.15, -0.1) is 11.3 Å². The van der Waals surface area contributed by atoms with E-state index in [0.717, 1.165) is 53.1 Å².